The minimum atomic E-state index is 0.0821. The van der Waals surface area contributed by atoms with Crippen LogP contribution in [0.3, 0.4) is 0 Å². The molecular formula is C16H24N2O2. The zero-order chi connectivity index (χ0) is 14.4. The highest BCUT2D eigenvalue weighted by molar-refractivity contribution is 5.94. The van der Waals surface area contributed by atoms with Crippen LogP contribution in [0.25, 0.3) is 0 Å². The van der Waals surface area contributed by atoms with Crippen molar-refractivity contribution in [3.05, 3.63) is 29.8 Å². The van der Waals surface area contributed by atoms with E-state index in [1.54, 1.807) is 0 Å². The molecule has 1 atom stereocenters. The van der Waals surface area contributed by atoms with Gasteiger partial charge in [-0.15, -0.1) is 0 Å². The van der Waals surface area contributed by atoms with E-state index >= 15 is 0 Å². The van der Waals surface area contributed by atoms with Crippen molar-refractivity contribution in [2.24, 2.45) is 5.92 Å². The molecule has 1 fully saturated rings. The summed E-state index contributed by atoms with van der Waals surface area (Å²) in [6, 6.07) is 7.67. The van der Waals surface area contributed by atoms with Crippen molar-refractivity contribution in [1.29, 1.82) is 0 Å². The van der Waals surface area contributed by atoms with Crippen molar-refractivity contribution >= 4 is 11.6 Å². The summed E-state index contributed by atoms with van der Waals surface area (Å²) in [4.78, 5) is 14.2. The number of carbonyl (C=O) groups excluding carboxylic acids is 1. The molecule has 1 amide bonds. The van der Waals surface area contributed by atoms with Gasteiger partial charge in [-0.1, -0.05) is 0 Å². The Labute approximate surface area is 121 Å². The summed E-state index contributed by atoms with van der Waals surface area (Å²) in [5.41, 5.74) is 1.79. The lowest BCUT2D eigenvalue weighted by Gasteiger charge is -2.27. The Hall–Kier alpha value is -1.55. The number of anilines is 1. The third-order valence-electron chi connectivity index (χ3n) is 3.65. The van der Waals surface area contributed by atoms with Gasteiger partial charge in [-0.2, -0.15) is 0 Å². The zero-order valence-corrected chi connectivity index (χ0v) is 12.4. The molecule has 0 saturated carbocycles. The SMILES string of the molecule is CCNc1ccc(C(=O)N(C)CC2CCCOC2)cc1. The van der Waals surface area contributed by atoms with Crippen molar-refractivity contribution in [2.75, 3.05) is 38.7 Å². The van der Waals surface area contributed by atoms with Gasteiger partial charge in [-0.05, 0) is 49.9 Å². The number of carbonyl (C=O) groups is 1. The maximum atomic E-state index is 12.4. The molecule has 1 aromatic carbocycles. The Morgan fingerprint density at radius 3 is 2.75 bits per heavy atom. The topological polar surface area (TPSA) is 41.6 Å². The van der Waals surface area contributed by atoms with Crippen LogP contribution in [0.1, 0.15) is 30.1 Å². The molecule has 1 unspecified atom stereocenters. The zero-order valence-electron chi connectivity index (χ0n) is 12.4. The molecule has 20 heavy (non-hydrogen) atoms. The number of benzene rings is 1. The van der Waals surface area contributed by atoms with Gasteiger partial charge in [-0.3, -0.25) is 4.79 Å². The number of rotatable bonds is 5. The highest BCUT2D eigenvalue weighted by atomic mass is 16.5. The molecule has 0 aliphatic carbocycles. The number of ether oxygens (including phenoxy) is 1. The molecule has 4 nitrogen and oxygen atoms in total. The lowest BCUT2D eigenvalue weighted by atomic mass is 10.0. The summed E-state index contributed by atoms with van der Waals surface area (Å²) < 4.78 is 5.46. The van der Waals surface area contributed by atoms with Gasteiger partial charge >= 0.3 is 0 Å². The third kappa shape index (κ3) is 3.97. The Kier molecular flexibility index (Phi) is 5.41. The normalized spacial score (nSPS) is 18.6. The van der Waals surface area contributed by atoms with Crippen LogP contribution in [0.15, 0.2) is 24.3 Å². The fourth-order valence-corrected chi connectivity index (χ4v) is 2.58. The molecule has 1 aromatic rings. The van der Waals surface area contributed by atoms with E-state index < -0.39 is 0 Å². The van der Waals surface area contributed by atoms with E-state index in [4.69, 9.17) is 4.74 Å². The molecule has 1 saturated heterocycles. The van der Waals surface area contributed by atoms with Crippen LogP contribution in [0.2, 0.25) is 0 Å². The van der Waals surface area contributed by atoms with Crippen LogP contribution >= 0.6 is 0 Å². The van der Waals surface area contributed by atoms with Crippen molar-refractivity contribution < 1.29 is 9.53 Å². The first-order chi connectivity index (χ1) is 9.70. The van der Waals surface area contributed by atoms with Crippen molar-refractivity contribution in [2.45, 2.75) is 19.8 Å². The van der Waals surface area contributed by atoms with Crippen molar-refractivity contribution in [3.8, 4) is 0 Å². The molecular weight excluding hydrogens is 252 g/mol. The Balaban J connectivity index is 1.91. The molecule has 0 bridgehead atoms. The third-order valence-corrected chi connectivity index (χ3v) is 3.65. The quantitative estimate of drug-likeness (QED) is 0.899. The molecule has 0 spiro atoms. The van der Waals surface area contributed by atoms with Crippen molar-refractivity contribution in [3.63, 3.8) is 0 Å². The van der Waals surface area contributed by atoms with Crippen LogP contribution < -0.4 is 5.32 Å². The van der Waals surface area contributed by atoms with Crippen LogP contribution in [-0.2, 0) is 4.74 Å². The minimum Gasteiger partial charge on any atom is -0.385 e. The van der Waals surface area contributed by atoms with E-state index in [0.29, 0.717) is 5.92 Å². The predicted molar refractivity (Wildman–Crippen MR) is 81.1 cm³/mol. The van der Waals surface area contributed by atoms with Gasteiger partial charge in [0.1, 0.15) is 0 Å². The van der Waals surface area contributed by atoms with Crippen LogP contribution in [0, 0.1) is 5.92 Å². The van der Waals surface area contributed by atoms with Gasteiger partial charge in [0.05, 0.1) is 6.61 Å². The number of hydrogen-bond donors (Lipinski definition) is 1. The molecule has 1 aliphatic heterocycles. The highest BCUT2D eigenvalue weighted by Crippen LogP contribution is 2.16. The number of nitrogens with zero attached hydrogens (tertiary/aromatic N) is 1. The summed E-state index contributed by atoms with van der Waals surface area (Å²) in [6.45, 7) is 5.35. The van der Waals surface area contributed by atoms with Gasteiger partial charge < -0.3 is 15.0 Å². The second-order valence-corrected chi connectivity index (χ2v) is 5.38. The molecule has 4 heteroatoms. The Morgan fingerprint density at radius 1 is 1.40 bits per heavy atom. The van der Waals surface area contributed by atoms with E-state index in [1.165, 1.54) is 0 Å². The average molecular weight is 276 g/mol. The summed E-state index contributed by atoms with van der Waals surface area (Å²) in [7, 11) is 1.87. The Morgan fingerprint density at radius 2 is 2.15 bits per heavy atom. The van der Waals surface area contributed by atoms with Crippen LogP contribution in [0.4, 0.5) is 5.69 Å². The molecule has 1 heterocycles. The van der Waals surface area contributed by atoms with E-state index in [9.17, 15) is 4.79 Å². The minimum absolute atomic E-state index is 0.0821. The monoisotopic (exact) mass is 276 g/mol. The van der Waals surface area contributed by atoms with E-state index in [0.717, 1.165) is 50.4 Å². The van der Waals surface area contributed by atoms with E-state index in [1.807, 2.05) is 36.2 Å². The maximum absolute atomic E-state index is 12.4. The maximum Gasteiger partial charge on any atom is 0.253 e. The fraction of sp³-hybridized carbons (Fsp3) is 0.562. The standard InChI is InChI=1S/C16H24N2O2/c1-3-17-15-8-6-14(7-9-15)16(19)18(2)11-13-5-4-10-20-12-13/h6-9,13,17H,3-5,10-12H2,1-2H3. The summed E-state index contributed by atoms with van der Waals surface area (Å²) >= 11 is 0. The Bertz CT molecular complexity index is 425. The summed E-state index contributed by atoms with van der Waals surface area (Å²) in [6.07, 6.45) is 2.25. The van der Waals surface area contributed by atoms with Gasteiger partial charge in [0.2, 0.25) is 0 Å². The molecule has 0 radical (unpaired) electrons. The number of nitrogens with one attached hydrogen (secondary N) is 1. The molecule has 1 N–H and O–H groups in total. The smallest absolute Gasteiger partial charge is 0.253 e. The van der Waals surface area contributed by atoms with E-state index in [-0.39, 0.29) is 5.91 Å². The first kappa shape index (κ1) is 14.9. The van der Waals surface area contributed by atoms with Gasteiger partial charge in [0, 0.05) is 38.0 Å². The van der Waals surface area contributed by atoms with Gasteiger partial charge in [-0.25, -0.2) is 0 Å². The lowest BCUT2D eigenvalue weighted by Crippen LogP contribution is -2.35. The predicted octanol–water partition coefficient (Wildman–Crippen LogP) is 2.62. The number of hydrogen-bond acceptors (Lipinski definition) is 3. The summed E-state index contributed by atoms with van der Waals surface area (Å²) in [5, 5.41) is 3.23. The van der Waals surface area contributed by atoms with Crippen LogP contribution in [0.5, 0.6) is 0 Å². The first-order valence-electron chi connectivity index (χ1n) is 7.38. The van der Waals surface area contributed by atoms with Gasteiger partial charge in [0.15, 0.2) is 0 Å². The van der Waals surface area contributed by atoms with E-state index in [2.05, 4.69) is 12.2 Å². The van der Waals surface area contributed by atoms with Crippen molar-refractivity contribution in [1.82, 2.24) is 4.90 Å². The first-order valence-corrected chi connectivity index (χ1v) is 7.38. The molecule has 2 rings (SSSR count). The molecule has 1 aliphatic rings. The number of amides is 1. The second kappa shape index (κ2) is 7.29. The second-order valence-electron chi connectivity index (χ2n) is 5.38. The lowest BCUT2D eigenvalue weighted by molar-refractivity contribution is 0.0388. The fourth-order valence-electron chi connectivity index (χ4n) is 2.58. The summed E-state index contributed by atoms with van der Waals surface area (Å²) in [5.74, 6) is 0.553. The molecule has 0 aromatic heterocycles. The average Bonchev–Trinajstić information content (AvgIpc) is 2.48. The highest BCUT2D eigenvalue weighted by Gasteiger charge is 2.19. The largest absolute Gasteiger partial charge is 0.385 e. The molecule has 110 valence electrons. The van der Waals surface area contributed by atoms with Crippen LogP contribution in [-0.4, -0.2) is 44.2 Å². The van der Waals surface area contributed by atoms with Gasteiger partial charge in [0.25, 0.3) is 5.91 Å².